The molecule has 0 aliphatic rings. The number of nitrogens with zero attached hydrogens (tertiary/aromatic N) is 2. The third kappa shape index (κ3) is 6.06. The van der Waals surface area contributed by atoms with Crippen LogP contribution in [0.15, 0.2) is 71.2 Å². The first kappa shape index (κ1) is 24.0. The Morgan fingerprint density at radius 1 is 0.971 bits per heavy atom. The summed E-state index contributed by atoms with van der Waals surface area (Å²) in [4.78, 5) is 17.3. The van der Waals surface area contributed by atoms with Crippen molar-refractivity contribution in [2.45, 2.75) is 52.0 Å². The Morgan fingerprint density at radius 2 is 1.76 bits per heavy atom. The molecule has 0 unspecified atom stereocenters. The van der Waals surface area contributed by atoms with E-state index < -0.39 is 0 Å². The molecular formula is C28H31BrN4O. The first-order valence-corrected chi connectivity index (χ1v) is 12.7. The van der Waals surface area contributed by atoms with Crippen LogP contribution in [-0.2, 0) is 19.4 Å². The lowest BCUT2D eigenvalue weighted by Crippen LogP contribution is -2.11. The normalized spacial score (nSPS) is 11.1. The van der Waals surface area contributed by atoms with Crippen LogP contribution < -0.4 is 11.1 Å². The van der Waals surface area contributed by atoms with E-state index in [1.807, 2.05) is 53.1 Å². The van der Waals surface area contributed by atoms with Gasteiger partial charge >= 0.3 is 0 Å². The number of nitrogen functional groups attached to an aromatic ring is 1. The lowest BCUT2D eigenvalue weighted by molar-refractivity contribution is 0.102. The number of hydrogen-bond acceptors (Lipinski definition) is 3. The molecule has 0 spiro atoms. The fourth-order valence-corrected chi connectivity index (χ4v) is 4.65. The third-order valence-corrected chi connectivity index (χ3v) is 6.55. The van der Waals surface area contributed by atoms with Crippen molar-refractivity contribution in [2.75, 3.05) is 11.1 Å². The van der Waals surface area contributed by atoms with Crippen LogP contribution in [0.4, 0.5) is 11.6 Å². The van der Waals surface area contributed by atoms with Crippen LogP contribution in [0.5, 0.6) is 0 Å². The molecule has 1 amide bonds. The molecule has 0 saturated heterocycles. The average molecular weight is 519 g/mol. The molecule has 6 heteroatoms. The van der Waals surface area contributed by atoms with E-state index in [4.69, 9.17) is 5.73 Å². The molecule has 1 heterocycles. The quantitative estimate of drug-likeness (QED) is 0.222. The zero-order valence-corrected chi connectivity index (χ0v) is 21.1. The fraction of sp³-hybridized carbons (Fsp3) is 0.286. The highest BCUT2D eigenvalue weighted by molar-refractivity contribution is 9.10. The van der Waals surface area contributed by atoms with Gasteiger partial charge in [-0.2, -0.15) is 0 Å². The molecule has 0 fully saturated rings. The van der Waals surface area contributed by atoms with Gasteiger partial charge < -0.3 is 15.6 Å². The Balaban J connectivity index is 1.39. The van der Waals surface area contributed by atoms with Crippen molar-refractivity contribution >= 4 is 44.5 Å². The molecule has 0 radical (unpaired) electrons. The molecule has 176 valence electrons. The van der Waals surface area contributed by atoms with Gasteiger partial charge in [0.25, 0.3) is 5.91 Å². The maximum Gasteiger partial charge on any atom is 0.255 e. The minimum absolute atomic E-state index is 0.124. The standard InChI is InChI=1S/C28H31BrN4O/c1-2-3-4-7-20-11-13-22(14-12-20)27(34)31-24-15-16-26-25(19-24)32-28(30)33(26)17-6-9-21-8-5-10-23(29)18-21/h5,8,10-16,18-19H,2-4,6-7,9,17H2,1H3,(H2,30,32)(H,31,34). The van der Waals surface area contributed by atoms with E-state index in [-0.39, 0.29) is 5.91 Å². The predicted molar refractivity (Wildman–Crippen MR) is 144 cm³/mol. The molecule has 0 aliphatic heterocycles. The number of benzene rings is 3. The molecule has 0 bridgehead atoms. The molecule has 1 aromatic heterocycles. The number of carbonyl (C=O) groups is 1. The summed E-state index contributed by atoms with van der Waals surface area (Å²) in [5.41, 5.74) is 11.9. The molecule has 4 rings (SSSR count). The Hall–Kier alpha value is -3.12. The highest BCUT2D eigenvalue weighted by Gasteiger charge is 2.11. The monoisotopic (exact) mass is 518 g/mol. The number of nitrogens with two attached hydrogens (primary N) is 1. The molecule has 5 nitrogen and oxygen atoms in total. The summed E-state index contributed by atoms with van der Waals surface area (Å²) < 4.78 is 3.13. The maximum absolute atomic E-state index is 12.7. The minimum atomic E-state index is -0.124. The molecule has 0 atom stereocenters. The molecular weight excluding hydrogens is 488 g/mol. The van der Waals surface area contributed by atoms with Crippen molar-refractivity contribution in [3.05, 3.63) is 87.9 Å². The number of anilines is 2. The van der Waals surface area contributed by atoms with E-state index in [1.165, 1.54) is 30.4 Å². The van der Waals surface area contributed by atoms with Crippen molar-refractivity contribution in [3.8, 4) is 0 Å². The van der Waals surface area contributed by atoms with Gasteiger partial charge in [0.15, 0.2) is 0 Å². The number of rotatable bonds is 10. The van der Waals surface area contributed by atoms with E-state index in [0.717, 1.165) is 41.3 Å². The first-order chi connectivity index (χ1) is 16.5. The molecule has 0 aliphatic carbocycles. The van der Waals surface area contributed by atoms with E-state index in [2.05, 4.69) is 51.4 Å². The lowest BCUT2D eigenvalue weighted by atomic mass is 10.1. The highest BCUT2D eigenvalue weighted by Crippen LogP contribution is 2.23. The fourth-order valence-electron chi connectivity index (χ4n) is 4.20. The summed E-state index contributed by atoms with van der Waals surface area (Å²) in [6.45, 7) is 2.99. The van der Waals surface area contributed by atoms with Crippen LogP contribution in [0.1, 0.15) is 54.1 Å². The Morgan fingerprint density at radius 3 is 2.53 bits per heavy atom. The van der Waals surface area contributed by atoms with Gasteiger partial charge in [0.1, 0.15) is 0 Å². The van der Waals surface area contributed by atoms with Gasteiger partial charge in [0.2, 0.25) is 5.95 Å². The molecule has 3 N–H and O–H groups in total. The number of carbonyl (C=O) groups excluding carboxylic acids is 1. The number of aromatic nitrogens is 2. The largest absolute Gasteiger partial charge is 0.369 e. The van der Waals surface area contributed by atoms with E-state index >= 15 is 0 Å². The third-order valence-electron chi connectivity index (χ3n) is 6.06. The second-order valence-corrected chi connectivity index (χ2v) is 9.58. The van der Waals surface area contributed by atoms with Crippen LogP contribution in [0.2, 0.25) is 0 Å². The number of nitrogens with one attached hydrogen (secondary N) is 1. The van der Waals surface area contributed by atoms with Gasteiger partial charge in [-0.05, 0) is 79.3 Å². The van der Waals surface area contributed by atoms with Crippen LogP contribution >= 0.6 is 15.9 Å². The molecule has 4 aromatic rings. The smallest absolute Gasteiger partial charge is 0.255 e. The second kappa shape index (κ2) is 11.3. The van der Waals surface area contributed by atoms with Crippen molar-refractivity contribution in [1.29, 1.82) is 0 Å². The lowest BCUT2D eigenvalue weighted by Gasteiger charge is -2.09. The van der Waals surface area contributed by atoms with Crippen LogP contribution in [-0.4, -0.2) is 15.5 Å². The SMILES string of the molecule is CCCCCc1ccc(C(=O)Nc2ccc3c(c2)nc(N)n3CCCc2cccc(Br)c2)cc1. The van der Waals surface area contributed by atoms with Crippen LogP contribution in [0.3, 0.4) is 0 Å². The van der Waals surface area contributed by atoms with E-state index in [1.54, 1.807) is 0 Å². The van der Waals surface area contributed by atoms with Gasteiger partial charge in [0.05, 0.1) is 11.0 Å². The van der Waals surface area contributed by atoms with Gasteiger partial charge in [-0.15, -0.1) is 0 Å². The Kier molecular flexibility index (Phi) is 8.01. The zero-order chi connectivity index (χ0) is 23.9. The van der Waals surface area contributed by atoms with Gasteiger partial charge in [-0.3, -0.25) is 4.79 Å². The number of aryl methyl sites for hydroxylation is 3. The van der Waals surface area contributed by atoms with Crippen molar-refractivity contribution < 1.29 is 4.79 Å². The van der Waals surface area contributed by atoms with Crippen LogP contribution in [0, 0.1) is 0 Å². The van der Waals surface area contributed by atoms with Crippen molar-refractivity contribution in [2.24, 2.45) is 0 Å². The van der Waals surface area contributed by atoms with E-state index in [9.17, 15) is 4.79 Å². The number of halogens is 1. The maximum atomic E-state index is 12.7. The number of fused-ring (bicyclic) bond motifs is 1. The Bertz CT molecular complexity index is 1260. The van der Waals surface area contributed by atoms with Crippen LogP contribution in [0.25, 0.3) is 11.0 Å². The summed E-state index contributed by atoms with van der Waals surface area (Å²) in [6, 6.07) is 22.0. The topological polar surface area (TPSA) is 72.9 Å². The number of unbranched alkanes of at least 4 members (excludes halogenated alkanes) is 2. The molecule has 34 heavy (non-hydrogen) atoms. The highest BCUT2D eigenvalue weighted by atomic mass is 79.9. The number of amides is 1. The second-order valence-electron chi connectivity index (χ2n) is 8.67. The van der Waals surface area contributed by atoms with Gasteiger partial charge in [-0.25, -0.2) is 4.98 Å². The molecule has 3 aromatic carbocycles. The van der Waals surface area contributed by atoms with Gasteiger partial charge in [-0.1, -0.05) is 60.0 Å². The zero-order valence-electron chi connectivity index (χ0n) is 19.6. The van der Waals surface area contributed by atoms with Crippen molar-refractivity contribution in [3.63, 3.8) is 0 Å². The van der Waals surface area contributed by atoms with Crippen molar-refractivity contribution in [1.82, 2.24) is 9.55 Å². The summed E-state index contributed by atoms with van der Waals surface area (Å²) in [7, 11) is 0. The summed E-state index contributed by atoms with van der Waals surface area (Å²) in [6.07, 6.45) is 6.60. The predicted octanol–water partition coefficient (Wildman–Crippen LogP) is 7.00. The number of imidazole rings is 1. The summed E-state index contributed by atoms with van der Waals surface area (Å²) >= 11 is 3.52. The van der Waals surface area contributed by atoms with E-state index in [0.29, 0.717) is 17.2 Å². The minimum Gasteiger partial charge on any atom is -0.369 e. The summed E-state index contributed by atoms with van der Waals surface area (Å²) in [5.74, 6) is 0.368. The number of hydrogen-bond donors (Lipinski definition) is 2. The molecule has 0 saturated carbocycles. The van der Waals surface area contributed by atoms with Gasteiger partial charge in [0, 0.05) is 22.3 Å². The first-order valence-electron chi connectivity index (χ1n) is 11.9. The Labute approximate surface area is 209 Å². The average Bonchev–Trinajstić information content (AvgIpc) is 3.14. The summed E-state index contributed by atoms with van der Waals surface area (Å²) in [5, 5.41) is 2.99.